The number of hydrogen-bond donors (Lipinski definition) is 1. The number of pyridine rings is 1. The molecule has 0 radical (unpaired) electrons. The van der Waals surface area contributed by atoms with E-state index in [4.69, 9.17) is 5.11 Å². The van der Waals surface area contributed by atoms with Crippen molar-refractivity contribution in [1.29, 1.82) is 0 Å². The van der Waals surface area contributed by atoms with Crippen LogP contribution in [0.1, 0.15) is 53.4 Å². The average Bonchev–Trinajstić information content (AvgIpc) is 2.62. The molecule has 0 saturated carbocycles. The summed E-state index contributed by atoms with van der Waals surface area (Å²) in [7, 11) is 0. The molecule has 3 heteroatoms. The van der Waals surface area contributed by atoms with Crippen LogP contribution in [0.5, 0.6) is 0 Å². The van der Waals surface area contributed by atoms with Gasteiger partial charge >= 0.3 is 5.97 Å². The Balaban J connectivity index is 2.63. The highest BCUT2D eigenvalue weighted by atomic mass is 16.4. The van der Waals surface area contributed by atoms with Crippen LogP contribution in [0.15, 0.2) is 6.20 Å². The van der Waals surface area contributed by atoms with E-state index in [9.17, 15) is 4.79 Å². The van der Waals surface area contributed by atoms with Crippen molar-refractivity contribution in [2.75, 3.05) is 0 Å². The monoisotopic (exact) mass is 205 g/mol. The minimum atomic E-state index is -0.860. The number of rotatable bonds is 2. The first-order valence-corrected chi connectivity index (χ1v) is 5.35. The molecular formula is C12H15NO2. The van der Waals surface area contributed by atoms with Crippen LogP contribution >= 0.6 is 0 Å². The van der Waals surface area contributed by atoms with E-state index in [0.29, 0.717) is 5.56 Å². The van der Waals surface area contributed by atoms with Crippen molar-refractivity contribution >= 4 is 5.97 Å². The van der Waals surface area contributed by atoms with Crippen molar-refractivity contribution in [1.82, 2.24) is 4.98 Å². The third kappa shape index (κ3) is 1.62. The van der Waals surface area contributed by atoms with Crippen LogP contribution in [-0.2, 0) is 12.8 Å². The minimum Gasteiger partial charge on any atom is -0.478 e. The van der Waals surface area contributed by atoms with Crippen molar-refractivity contribution in [3.63, 3.8) is 0 Å². The second kappa shape index (κ2) is 3.65. The molecule has 1 aliphatic carbocycles. The van der Waals surface area contributed by atoms with Crippen LogP contribution in [0.3, 0.4) is 0 Å². The van der Waals surface area contributed by atoms with Crippen LogP contribution in [0, 0.1) is 0 Å². The van der Waals surface area contributed by atoms with E-state index >= 15 is 0 Å². The summed E-state index contributed by atoms with van der Waals surface area (Å²) in [5, 5.41) is 9.11. The molecule has 3 nitrogen and oxygen atoms in total. The summed E-state index contributed by atoms with van der Waals surface area (Å²) < 4.78 is 0. The Labute approximate surface area is 89.2 Å². The lowest BCUT2D eigenvalue weighted by Crippen LogP contribution is -2.09. The van der Waals surface area contributed by atoms with E-state index < -0.39 is 5.97 Å². The van der Waals surface area contributed by atoms with Gasteiger partial charge < -0.3 is 5.11 Å². The van der Waals surface area contributed by atoms with Gasteiger partial charge in [-0.15, -0.1) is 0 Å². The summed E-state index contributed by atoms with van der Waals surface area (Å²) >= 11 is 0. The maximum Gasteiger partial charge on any atom is 0.337 e. The van der Waals surface area contributed by atoms with Gasteiger partial charge in [0, 0.05) is 11.9 Å². The number of hydrogen-bond acceptors (Lipinski definition) is 2. The standard InChI is InChI=1S/C12H15NO2/c1-7(2)11-8-4-3-5-10(8)13-6-9(11)12(14)15/h6-7H,3-5H2,1-2H3,(H,14,15). The lowest BCUT2D eigenvalue weighted by atomic mass is 9.93. The highest BCUT2D eigenvalue weighted by Gasteiger charge is 2.23. The van der Waals surface area contributed by atoms with Gasteiger partial charge in [-0.25, -0.2) is 4.79 Å². The van der Waals surface area contributed by atoms with E-state index in [1.807, 2.05) is 13.8 Å². The number of nitrogens with zero attached hydrogens (tertiary/aromatic N) is 1. The van der Waals surface area contributed by atoms with E-state index in [-0.39, 0.29) is 5.92 Å². The molecule has 0 aromatic carbocycles. The zero-order valence-electron chi connectivity index (χ0n) is 9.08. The van der Waals surface area contributed by atoms with Crippen molar-refractivity contribution in [3.05, 3.63) is 28.6 Å². The summed E-state index contributed by atoms with van der Waals surface area (Å²) in [6, 6.07) is 0. The van der Waals surface area contributed by atoms with E-state index in [1.165, 1.54) is 11.8 Å². The van der Waals surface area contributed by atoms with Crippen LogP contribution in [0.25, 0.3) is 0 Å². The van der Waals surface area contributed by atoms with Crippen molar-refractivity contribution in [2.45, 2.75) is 39.0 Å². The zero-order valence-corrected chi connectivity index (χ0v) is 9.08. The summed E-state index contributed by atoms with van der Waals surface area (Å²) in [4.78, 5) is 15.3. The summed E-state index contributed by atoms with van der Waals surface area (Å²) in [6.07, 6.45) is 4.60. The number of aromatic carboxylic acids is 1. The first-order chi connectivity index (χ1) is 7.11. The van der Waals surface area contributed by atoms with E-state index in [1.54, 1.807) is 0 Å². The number of aromatic nitrogens is 1. The molecule has 1 aromatic heterocycles. The van der Waals surface area contributed by atoms with Crippen LogP contribution in [0.4, 0.5) is 0 Å². The molecule has 0 spiro atoms. The van der Waals surface area contributed by atoms with Crippen molar-refractivity contribution in [2.24, 2.45) is 0 Å². The van der Waals surface area contributed by atoms with Gasteiger partial charge in [-0.1, -0.05) is 13.8 Å². The molecule has 1 heterocycles. The zero-order chi connectivity index (χ0) is 11.0. The maximum absolute atomic E-state index is 11.1. The fraction of sp³-hybridized carbons (Fsp3) is 0.500. The molecule has 0 saturated heterocycles. The molecule has 15 heavy (non-hydrogen) atoms. The second-order valence-electron chi connectivity index (χ2n) is 4.32. The first kappa shape index (κ1) is 10.1. The third-order valence-electron chi connectivity index (χ3n) is 2.96. The largest absolute Gasteiger partial charge is 0.478 e. The van der Waals surface area contributed by atoms with Gasteiger partial charge in [0.25, 0.3) is 0 Å². The predicted molar refractivity (Wildman–Crippen MR) is 57.3 cm³/mol. The molecule has 1 aromatic rings. The highest BCUT2D eigenvalue weighted by molar-refractivity contribution is 5.89. The van der Waals surface area contributed by atoms with E-state index in [2.05, 4.69) is 4.98 Å². The van der Waals surface area contributed by atoms with Crippen molar-refractivity contribution in [3.8, 4) is 0 Å². The Morgan fingerprint density at radius 1 is 1.47 bits per heavy atom. The Bertz CT molecular complexity index is 410. The number of fused-ring (bicyclic) bond motifs is 1. The lowest BCUT2D eigenvalue weighted by Gasteiger charge is -2.14. The number of carboxylic acid groups (broad SMARTS) is 1. The average molecular weight is 205 g/mol. The number of carbonyl (C=O) groups is 1. The molecule has 0 unspecified atom stereocenters. The topological polar surface area (TPSA) is 50.2 Å². The SMILES string of the molecule is CC(C)c1c(C(=O)O)cnc2c1CCC2. The highest BCUT2D eigenvalue weighted by Crippen LogP contribution is 2.31. The van der Waals surface area contributed by atoms with E-state index in [0.717, 1.165) is 30.5 Å². The maximum atomic E-state index is 11.1. The molecular weight excluding hydrogens is 190 g/mol. The van der Waals surface area contributed by atoms with Gasteiger partial charge in [0.2, 0.25) is 0 Å². The summed E-state index contributed by atoms with van der Waals surface area (Å²) in [5.41, 5.74) is 3.66. The molecule has 80 valence electrons. The molecule has 0 bridgehead atoms. The smallest absolute Gasteiger partial charge is 0.337 e. The van der Waals surface area contributed by atoms with Crippen LogP contribution in [-0.4, -0.2) is 16.1 Å². The van der Waals surface area contributed by atoms with Gasteiger partial charge in [-0.3, -0.25) is 4.98 Å². The lowest BCUT2D eigenvalue weighted by molar-refractivity contribution is 0.0694. The van der Waals surface area contributed by atoms with Gasteiger partial charge in [0.15, 0.2) is 0 Å². The molecule has 0 fully saturated rings. The number of carboxylic acids is 1. The Morgan fingerprint density at radius 2 is 2.20 bits per heavy atom. The summed E-state index contributed by atoms with van der Waals surface area (Å²) in [6.45, 7) is 4.08. The fourth-order valence-electron chi connectivity index (χ4n) is 2.36. The first-order valence-electron chi connectivity index (χ1n) is 5.35. The van der Waals surface area contributed by atoms with Gasteiger partial charge in [-0.05, 0) is 36.3 Å². The molecule has 0 atom stereocenters. The molecule has 0 amide bonds. The third-order valence-corrected chi connectivity index (χ3v) is 2.96. The quantitative estimate of drug-likeness (QED) is 0.806. The molecule has 2 rings (SSSR count). The van der Waals surface area contributed by atoms with Gasteiger partial charge in [0.1, 0.15) is 0 Å². The minimum absolute atomic E-state index is 0.256. The Morgan fingerprint density at radius 3 is 2.80 bits per heavy atom. The number of aryl methyl sites for hydroxylation is 1. The fourth-order valence-corrected chi connectivity index (χ4v) is 2.36. The molecule has 1 aliphatic rings. The van der Waals surface area contributed by atoms with Crippen LogP contribution in [0.2, 0.25) is 0 Å². The Hall–Kier alpha value is -1.38. The summed E-state index contributed by atoms with van der Waals surface area (Å²) in [5.74, 6) is -0.605. The normalized spacial score (nSPS) is 14.3. The van der Waals surface area contributed by atoms with Gasteiger partial charge in [0.05, 0.1) is 5.56 Å². The van der Waals surface area contributed by atoms with Gasteiger partial charge in [-0.2, -0.15) is 0 Å². The van der Waals surface area contributed by atoms with Crippen LogP contribution < -0.4 is 0 Å². The predicted octanol–water partition coefficient (Wildman–Crippen LogP) is 2.39. The molecule has 0 aliphatic heterocycles. The molecule has 1 N–H and O–H groups in total. The Kier molecular flexibility index (Phi) is 2.47. The van der Waals surface area contributed by atoms with Crippen molar-refractivity contribution < 1.29 is 9.90 Å². The second-order valence-corrected chi connectivity index (χ2v) is 4.32.